The van der Waals surface area contributed by atoms with Crippen LogP contribution >= 0.6 is 11.8 Å². The molecule has 8 heteroatoms. The Kier molecular flexibility index (Phi) is 4.37. The van der Waals surface area contributed by atoms with Crippen LogP contribution in [0, 0.1) is 0 Å². The lowest BCUT2D eigenvalue weighted by Gasteiger charge is -2.35. The van der Waals surface area contributed by atoms with Crippen molar-refractivity contribution in [1.82, 2.24) is 24.9 Å². The summed E-state index contributed by atoms with van der Waals surface area (Å²) in [4.78, 5) is 27.9. The first kappa shape index (κ1) is 16.3. The highest BCUT2D eigenvalue weighted by Gasteiger charge is 2.44. The molecule has 0 saturated carbocycles. The highest BCUT2D eigenvalue weighted by Crippen LogP contribution is 2.29. The van der Waals surface area contributed by atoms with Crippen molar-refractivity contribution in [3.63, 3.8) is 0 Å². The molecule has 1 atom stereocenters. The van der Waals surface area contributed by atoms with Gasteiger partial charge in [0.25, 0.3) is 5.91 Å². The number of aromatic nitrogens is 2. The summed E-state index contributed by atoms with van der Waals surface area (Å²) in [6.45, 7) is 5.55. The second kappa shape index (κ2) is 6.16. The Hall–Kier alpha value is -1.54. The van der Waals surface area contributed by atoms with Crippen LogP contribution in [0.2, 0.25) is 0 Å². The molecule has 1 aromatic rings. The van der Waals surface area contributed by atoms with E-state index in [1.54, 1.807) is 13.8 Å². The summed E-state index contributed by atoms with van der Waals surface area (Å²) in [6, 6.07) is 0.000499. The number of amides is 3. The van der Waals surface area contributed by atoms with Crippen molar-refractivity contribution in [3.05, 3.63) is 18.0 Å². The quantitative estimate of drug-likeness (QED) is 0.825. The molecule has 3 amide bonds. The number of hydrogen-bond donors (Lipinski definition) is 1. The Morgan fingerprint density at radius 1 is 1.39 bits per heavy atom. The van der Waals surface area contributed by atoms with E-state index in [0.717, 1.165) is 18.1 Å². The van der Waals surface area contributed by atoms with Gasteiger partial charge in [0.05, 0.1) is 6.20 Å². The zero-order valence-corrected chi connectivity index (χ0v) is 14.6. The predicted octanol–water partition coefficient (Wildman–Crippen LogP) is 0.840. The number of urea groups is 1. The smallest absolute Gasteiger partial charge is 0.324 e. The molecule has 0 radical (unpaired) electrons. The van der Waals surface area contributed by atoms with Crippen LogP contribution in [0.3, 0.4) is 0 Å². The topological polar surface area (TPSA) is 70.5 Å². The van der Waals surface area contributed by atoms with Gasteiger partial charge in [0.1, 0.15) is 5.54 Å². The fourth-order valence-electron chi connectivity index (χ4n) is 3.07. The Labute approximate surface area is 140 Å². The van der Waals surface area contributed by atoms with Crippen LogP contribution in [0.1, 0.15) is 25.5 Å². The third kappa shape index (κ3) is 3.23. The standard InChI is InChI=1S/C15H23N5O2S/c1-15(2)13(21)20(14(22)17-15)5-4-19-6-7-23-10-12(19)11-8-16-18(3)9-11/h8-9,12H,4-7,10H2,1-3H3,(H,17,22). The molecule has 23 heavy (non-hydrogen) atoms. The molecule has 1 aromatic heterocycles. The van der Waals surface area contributed by atoms with E-state index >= 15 is 0 Å². The van der Waals surface area contributed by atoms with Gasteiger partial charge in [-0.05, 0) is 13.8 Å². The van der Waals surface area contributed by atoms with Crippen molar-refractivity contribution in [3.8, 4) is 0 Å². The highest BCUT2D eigenvalue weighted by molar-refractivity contribution is 7.99. The number of nitrogens with zero attached hydrogens (tertiary/aromatic N) is 4. The molecule has 7 nitrogen and oxygen atoms in total. The predicted molar refractivity (Wildman–Crippen MR) is 89.2 cm³/mol. The fraction of sp³-hybridized carbons (Fsp3) is 0.667. The van der Waals surface area contributed by atoms with Gasteiger partial charge in [-0.2, -0.15) is 16.9 Å². The van der Waals surface area contributed by atoms with Gasteiger partial charge in [-0.25, -0.2) is 4.79 Å². The van der Waals surface area contributed by atoms with Gasteiger partial charge >= 0.3 is 6.03 Å². The number of rotatable bonds is 4. The van der Waals surface area contributed by atoms with E-state index in [2.05, 4.69) is 15.3 Å². The Morgan fingerprint density at radius 3 is 2.78 bits per heavy atom. The van der Waals surface area contributed by atoms with Crippen LogP contribution < -0.4 is 5.32 Å². The second-order valence-electron chi connectivity index (χ2n) is 6.59. The molecule has 1 unspecified atom stereocenters. The second-order valence-corrected chi connectivity index (χ2v) is 7.74. The summed E-state index contributed by atoms with van der Waals surface area (Å²) < 4.78 is 1.81. The van der Waals surface area contributed by atoms with Gasteiger partial charge in [-0.1, -0.05) is 0 Å². The normalized spacial score (nSPS) is 25.0. The first-order valence-electron chi connectivity index (χ1n) is 7.83. The minimum Gasteiger partial charge on any atom is -0.324 e. The lowest BCUT2D eigenvalue weighted by atomic mass is 10.1. The summed E-state index contributed by atoms with van der Waals surface area (Å²) in [5.74, 6) is 1.94. The zero-order valence-electron chi connectivity index (χ0n) is 13.8. The van der Waals surface area contributed by atoms with Crippen LogP contribution in [-0.2, 0) is 11.8 Å². The van der Waals surface area contributed by atoms with Gasteiger partial charge in [-0.15, -0.1) is 0 Å². The Bertz CT molecular complexity index is 615. The lowest BCUT2D eigenvalue weighted by molar-refractivity contribution is -0.130. The number of nitrogens with one attached hydrogen (secondary N) is 1. The minimum atomic E-state index is -0.794. The van der Waals surface area contributed by atoms with Crippen molar-refractivity contribution in [2.24, 2.45) is 7.05 Å². The maximum absolute atomic E-state index is 12.3. The molecule has 2 aliphatic rings. The minimum absolute atomic E-state index is 0.146. The van der Waals surface area contributed by atoms with Crippen LogP contribution in [0.15, 0.2) is 12.4 Å². The van der Waals surface area contributed by atoms with Gasteiger partial charge in [-0.3, -0.25) is 19.3 Å². The molecule has 0 spiro atoms. The molecule has 3 rings (SSSR count). The number of imide groups is 1. The van der Waals surface area contributed by atoms with E-state index in [4.69, 9.17) is 0 Å². The first-order chi connectivity index (χ1) is 10.9. The monoisotopic (exact) mass is 337 g/mol. The highest BCUT2D eigenvalue weighted by atomic mass is 32.2. The number of carbonyl (C=O) groups excluding carboxylic acids is 2. The number of carbonyl (C=O) groups is 2. The molecule has 3 heterocycles. The summed E-state index contributed by atoms with van der Waals surface area (Å²) >= 11 is 1.93. The molecular weight excluding hydrogens is 314 g/mol. The number of thioether (sulfide) groups is 1. The van der Waals surface area contributed by atoms with E-state index in [1.165, 1.54) is 10.5 Å². The third-order valence-corrected chi connectivity index (χ3v) is 5.43. The van der Waals surface area contributed by atoms with E-state index in [9.17, 15) is 9.59 Å². The van der Waals surface area contributed by atoms with Gasteiger partial charge < -0.3 is 5.32 Å². The molecule has 0 aliphatic carbocycles. The first-order valence-corrected chi connectivity index (χ1v) is 8.98. The number of hydrogen-bond acceptors (Lipinski definition) is 5. The molecule has 2 fully saturated rings. The van der Waals surface area contributed by atoms with E-state index in [1.807, 2.05) is 35.9 Å². The lowest BCUT2D eigenvalue weighted by Crippen LogP contribution is -2.44. The average Bonchev–Trinajstić information content (AvgIpc) is 3.00. The molecule has 0 bridgehead atoms. The largest absolute Gasteiger partial charge is 0.325 e. The maximum Gasteiger partial charge on any atom is 0.325 e. The average molecular weight is 337 g/mol. The number of aryl methyl sites for hydroxylation is 1. The summed E-state index contributed by atoms with van der Waals surface area (Å²) in [5.41, 5.74) is 0.398. The molecule has 2 aliphatic heterocycles. The van der Waals surface area contributed by atoms with E-state index < -0.39 is 5.54 Å². The molecular formula is C15H23N5O2S. The third-order valence-electron chi connectivity index (χ3n) is 4.40. The van der Waals surface area contributed by atoms with Gasteiger partial charge in [0.15, 0.2) is 0 Å². The Morgan fingerprint density at radius 2 is 2.17 bits per heavy atom. The molecule has 0 aromatic carbocycles. The van der Waals surface area contributed by atoms with Gasteiger partial charge in [0.2, 0.25) is 0 Å². The van der Waals surface area contributed by atoms with Crippen LogP contribution in [0.4, 0.5) is 4.79 Å². The maximum atomic E-state index is 12.3. The fourth-order valence-corrected chi connectivity index (χ4v) is 4.23. The van der Waals surface area contributed by atoms with Crippen LogP contribution in [-0.4, -0.2) is 68.2 Å². The molecule has 2 saturated heterocycles. The molecule has 1 N–H and O–H groups in total. The van der Waals surface area contributed by atoms with Crippen LogP contribution in [0.25, 0.3) is 0 Å². The molecule has 126 valence electrons. The van der Waals surface area contributed by atoms with Crippen molar-refractivity contribution in [2.45, 2.75) is 25.4 Å². The van der Waals surface area contributed by atoms with Crippen molar-refractivity contribution in [2.75, 3.05) is 31.1 Å². The van der Waals surface area contributed by atoms with Crippen molar-refractivity contribution >= 4 is 23.7 Å². The van der Waals surface area contributed by atoms with Crippen molar-refractivity contribution < 1.29 is 9.59 Å². The van der Waals surface area contributed by atoms with E-state index in [-0.39, 0.29) is 18.0 Å². The van der Waals surface area contributed by atoms with Crippen LogP contribution in [0.5, 0.6) is 0 Å². The van der Waals surface area contributed by atoms with Crippen molar-refractivity contribution in [1.29, 1.82) is 0 Å². The summed E-state index contributed by atoms with van der Waals surface area (Å²) in [5, 5.41) is 6.99. The zero-order chi connectivity index (χ0) is 16.6. The van der Waals surface area contributed by atoms with E-state index in [0.29, 0.717) is 13.1 Å². The van der Waals surface area contributed by atoms with Gasteiger partial charge in [0, 0.05) is 56.0 Å². The summed E-state index contributed by atoms with van der Waals surface area (Å²) in [6.07, 6.45) is 3.95. The Balaban J connectivity index is 1.66. The SMILES string of the molecule is Cn1cc(C2CSCCN2CCN2C(=O)NC(C)(C)C2=O)cn1. The summed E-state index contributed by atoms with van der Waals surface area (Å²) in [7, 11) is 1.92.